The van der Waals surface area contributed by atoms with E-state index in [1.165, 1.54) is 0 Å². The number of amides is 2. The van der Waals surface area contributed by atoms with Gasteiger partial charge in [0, 0.05) is 0 Å². The fraction of sp³-hybridized carbons (Fsp3) is 0.333. The fourth-order valence-electron chi connectivity index (χ4n) is 2.10. The highest BCUT2D eigenvalue weighted by Crippen LogP contribution is 2.17. The first kappa shape index (κ1) is 14.3. The second-order valence-corrected chi connectivity index (χ2v) is 4.49. The second kappa shape index (κ2) is 6.86. The highest BCUT2D eigenvalue weighted by Gasteiger charge is 2.37. The zero-order valence-electron chi connectivity index (χ0n) is 11.2. The van der Waals surface area contributed by atoms with E-state index in [-0.39, 0.29) is 31.8 Å². The summed E-state index contributed by atoms with van der Waals surface area (Å²) in [6.45, 7) is 3.85. The first-order valence-corrected chi connectivity index (χ1v) is 6.43. The van der Waals surface area contributed by atoms with E-state index in [0.717, 1.165) is 10.5 Å². The largest absolute Gasteiger partial charge is 0.447 e. The number of rotatable bonds is 6. The summed E-state index contributed by atoms with van der Waals surface area (Å²) in [5.74, 6) is -0.379. The molecule has 1 heterocycles. The van der Waals surface area contributed by atoms with E-state index in [2.05, 4.69) is 6.58 Å². The van der Waals surface area contributed by atoms with Crippen molar-refractivity contribution in [3.63, 3.8) is 0 Å². The molecule has 1 aromatic rings. The molecule has 0 saturated carbocycles. The summed E-state index contributed by atoms with van der Waals surface area (Å²) in [7, 11) is 0. The van der Waals surface area contributed by atoms with Gasteiger partial charge in [-0.05, 0) is 12.0 Å². The van der Waals surface area contributed by atoms with Crippen LogP contribution in [0.15, 0.2) is 43.0 Å². The first-order valence-electron chi connectivity index (χ1n) is 6.43. The van der Waals surface area contributed by atoms with E-state index in [9.17, 15) is 9.59 Å². The predicted octanol–water partition coefficient (Wildman–Crippen LogP) is 1.78. The average molecular weight is 275 g/mol. The number of imide groups is 1. The van der Waals surface area contributed by atoms with E-state index in [4.69, 9.17) is 9.47 Å². The van der Waals surface area contributed by atoms with E-state index < -0.39 is 6.09 Å². The van der Waals surface area contributed by atoms with Gasteiger partial charge < -0.3 is 9.47 Å². The minimum absolute atomic E-state index is 0.146. The van der Waals surface area contributed by atoms with Gasteiger partial charge in [-0.1, -0.05) is 36.4 Å². The van der Waals surface area contributed by atoms with E-state index in [1.807, 2.05) is 30.3 Å². The molecule has 1 saturated heterocycles. The van der Waals surface area contributed by atoms with Crippen LogP contribution in [0.5, 0.6) is 0 Å². The van der Waals surface area contributed by atoms with Crippen molar-refractivity contribution in [3.05, 3.63) is 48.6 Å². The quantitative estimate of drug-likeness (QED) is 0.586. The molecular weight excluding hydrogens is 258 g/mol. The first-order chi connectivity index (χ1) is 9.72. The van der Waals surface area contributed by atoms with Gasteiger partial charge >= 0.3 is 6.09 Å². The third kappa shape index (κ3) is 3.45. The Balaban J connectivity index is 1.99. The Morgan fingerprint density at radius 3 is 2.90 bits per heavy atom. The molecule has 0 aromatic heterocycles. The average Bonchev–Trinajstić information content (AvgIpc) is 2.81. The van der Waals surface area contributed by atoms with Crippen molar-refractivity contribution in [2.24, 2.45) is 0 Å². The Kier molecular flexibility index (Phi) is 4.90. The molecule has 1 fully saturated rings. The fourth-order valence-corrected chi connectivity index (χ4v) is 2.10. The third-order valence-electron chi connectivity index (χ3n) is 3.01. The number of cyclic esters (lactones) is 1. The lowest BCUT2D eigenvalue weighted by Gasteiger charge is -2.19. The molecule has 2 rings (SSSR count). The summed E-state index contributed by atoms with van der Waals surface area (Å²) in [4.78, 5) is 24.8. The van der Waals surface area contributed by atoms with Crippen LogP contribution >= 0.6 is 0 Å². The summed E-state index contributed by atoms with van der Waals surface area (Å²) in [5, 5.41) is 0. The summed E-state index contributed by atoms with van der Waals surface area (Å²) >= 11 is 0. The highest BCUT2D eigenvalue weighted by molar-refractivity contribution is 5.94. The molecule has 1 aliphatic heterocycles. The molecule has 106 valence electrons. The van der Waals surface area contributed by atoms with Gasteiger partial charge in [0.2, 0.25) is 0 Å². The SMILES string of the molecule is C=CCOCC(=O)N1C(=O)OC[C@@H]1Cc1ccccc1. The van der Waals surface area contributed by atoms with Gasteiger partial charge in [0.1, 0.15) is 13.2 Å². The number of nitrogens with zero attached hydrogens (tertiary/aromatic N) is 1. The lowest BCUT2D eigenvalue weighted by Crippen LogP contribution is -2.42. The molecule has 5 heteroatoms. The molecule has 0 spiro atoms. The molecule has 0 aliphatic carbocycles. The molecule has 0 unspecified atom stereocenters. The van der Waals surface area contributed by atoms with Crippen LogP contribution in [-0.2, 0) is 20.7 Å². The van der Waals surface area contributed by atoms with Crippen LogP contribution in [0.3, 0.4) is 0 Å². The molecule has 20 heavy (non-hydrogen) atoms. The van der Waals surface area contributed by atoms with E-state index >= 15 is 0 Å². The maximum atomic E-state index is 12.0. The zero-order chi connectivity index (χ0) is 14.4. The Morgan fingerprint density at radius 2 is 2.20 bits per heavy atom. The van der Waals surface area contributed by atoms with Crippen molar-refractivity contribution in [1.29, 1.82) is 0 Å². The second-order valence-electron chi connectivity index (χ2n) is 4.49. The van der Waals surface area contributed by atoms with Crippen LogP contribution in [-0.4, -0.2) is 42.8 Å². The number of hydrogen-bond donors (Lipinski definition) is 0. The Hall–Kier alpha value is -2.14. The number of ether oxygens (including phenoxy) is 2. The molecule has 5 nitrogen and oxygen atoms in total. The standard InChI is InChI=1S/C15H17NO4/c1-2-8-19-11-14(17)16-13(10-20-15(16)18)9-12-6-4-3-5-7-12/h2-7,13H,1,8-11H2/t13-/m0/s1. The molecular formula is C15H17NO4. The van der Waals surface area contributed by atoms with Crippen molar-refractivity contribution in [1.82, 2.24) is 4.90 Å². The van der Waals surface area contributed by atoms with Crippen LogP contribution in [0.2, 0.25) is 0 Å². The van der Waals surface area contributed by atoms with Crippen molar-refractivity contribution in [3.8, 4) is 0 Å². The summed E-state index contributed by atoms with van der Waals surface area (Å²) in [6, 6.07) is 9.41. The molecule has 1 aromatic carbocycles. The Morgan fingerprint density at radius 1 is 1.45 bits per heavy atom. The maximum Gasteiger partial charge on any atom is 0.417 e. The summed E-state index contributed by atoms with van der Waals surface area (Å²) in [5.41, 5.74) is 1.06. The molecule has 0 bridgehead atoms. The van der Waals surface area contributed by atoms with Gasteiger partial charge in [0.15, 0.2) is 0 Å². The molecule has 1 atom stereocenters. The smallest absolute Gasteiger partial charge is 0.417 e. The van der Waals surface area contributed by atoms with Crippen molar-refractivity contribution >= 4 is 12.0 Å². The number of carbonyl (C=O) groups excluding carboxylic acids is 2. The molecule has 2 amide bonds. The van der Waals surface area contributed by atoms with Crippen molar-refractivity contribution in [2.75, 3.05) is 19.8 Å². The van der Waals surface area contributed by atoms with Crippen LogP contribution in [0, 0.1) is 0 Å². The summed E-state index contributed by atoms with van der Waals surface area (Å²) in [6.07, 6.45) is 1.54. The number of hydrogen-bond acceptors (Lipinski definition) is 4. The number of benzene rings is 1. The lowest BCUT2D eigenvalue weighted by atomic mass is 10.1. The summed E-state index contributed by atoms with van der Waals surface area (Å²) < 4.78 is 10.1. The zero-order valence-corrected chi connectivity index (χ0v) is 11.2. The third-order valence-corrected chi connectivity index (χ3v) is 3.01. The van der Waals surface area contributed by atoms with E-state index in [0.29, 0.717) is 6.42 Å². The maximum absolute atomic E-state index is 12.0. The Bertz CT molecular complexity index is 486. The molecule has 1 aliphatic rings. The van der Waals surface area contributed by atoms with Crippen molar-refractivity contribution in [2.45, 2.75) is 12.5 Å². The normalized spacial score (nSPS) is 17.9. The highest BCUT2D eigenvalue weighted by atomic mass is 16.6. The van der Waals surface area contributed by atoms with Gasteiger partial charge in [-0.3, -0.25) is 4.79 Å². The predicted molar refractivity (Wildman–Crippen MR) is 73.1 cm³/mol. The van der Waals surface area contributed by atoms with Crippen LogP contribution < -0.4 is 0 Å². The van der Waals surface area contributed by atoms with Crippen LogP contribution in [0.25, 0.3) is 0 Å². The van der Waals surface area contributed by atoms with Gasteiger partial charge in [0.05, 0.1) is 12.6 Å². The van der Waals surface area contributed by atoms with Gasteiger partial charge in [0.25, 0.3) is 5.91 Å². The Labute approximate surface area is 117 Å². The lowest BCUT2D eigenvalue weighted by molar-refractivity contribution is -0.133. The molecule has 0 radical (unpaired) electrons. The minimum atomic E-state index is -0.599. The number of carbonyl (C=O) groups is 2. The topological polar surface area (TPSA) is 55.8 Å². The molecule has 0 N–H and O–H groups in total. The van der Waals surface area contributed by atoms with Gasteiger partial charge in [-0.2, -0.15) is 0 Å². The van der Waals surface area contributed by atoms with Crippen LogP contribution in [0.4, 0.5) is 4.79 Å². The van der Waals surface area contributed by atoms with E-state index in [1.54, 1.807) is 6.08 Å². The van der Waals surface area contributed by atoms with Gasteiger partial charge in [-0.15, -0.1) is 6.58 Å². The van der Waals surface area contributed by atoms with Crippen LogP contribution in [0.1, 0.15) is 5.56 Å². The monoisotopic (exact) mass is 275 g/mol. The van der Waals surface area contributed by atoms with Crippen molar-refractivity contribution < 1.29 is 19.1 Å². The van der Waals surface area contributed by atoms with Gasteiger partial charge in [-0.25, -0.2) is 9.69 Å². The minimum Gasteiger partial charge on any atom is -0.447 e.